The number of methoxy groups -OCH3 is 1. The molecule has 0 N–H and O–H groups in total. The van der Waals surface area contributed by atoms with Gasteiger partial charge in [0.05, 0.1) is 34.6 Å². The molecule has 2 aromatic heterocycles. The maximum atomic E-state index is 13.3. The standard InChI is InChI=1S/C21H16ClN3O3S/c1-12-17(20(27)28-2)18(13-6-8-14(22)9-7-13)25-19(26)16(29-21(25)24-12)11-15-5-3-4-10-23-15/h3-11,18H,1-2H3/b16-11-. The number of allylic oxidation sites excluding steroid dienone is 1. The number of halogens is 1. The first-order chi connectivity index (χ1) is 14.0. The zero-order chi connectivity index (χ0) is 20.5. The molecule has 0 amide bonds. The van der Waals surface area contributed by atoms with Crippen LogP contribution in [-0.2, 0) is 9.53 Å². The summed E-state index contributed by atoms with van der Waals surface area (Å²) < 4.78 is 7.00. The molecule has 1 aliphatic heterocycles. The number of pyridine rings is 1. The van der Waals surface area contributed by atoms with E-state index in [4.69, 9.17) is 16.3 Å². The van der Waals surface area contributed by atoms with Crippen LogP contribution in [0.5, 0.6) is 0 Å². The molecule has 1 aliphatic rings. The van der Waals surface area contributed by atoms with E-state index in [0.717, 1.165) is 5.56 Å². The number of hydrogen-bond donors (Lipinski definition) is 0. The van der Waals surface area contributed by atoms with Crippen molar-refractivity contribution in [3.8, 4) is 0 Å². The van der Waals surface area contributed by atoms with Crippen molar-refractivity contribution in [1.29, 1.82) is 0 Å². The molecule has 1 atom stereocenters. The van der Waals surface area contributed by atoms with E-state index in [0.29, 0.717) is 31.3 Å². The van der Waals surface area contributed by atoms with Gasteiger partial charge in [0.25, 0.3) is 5.56 Å². The van der Waals surface area contributed by atoms with Gasteiger partial charge in [-0.2, -0.15) is 0 Å². The Bertz CT molecular complexity index is 1290. The fourth-order valence-electron chi connectivity index (χ4n) is 3.25. The van der Waals surface area contributed by atoms with Gasteiger partial charge in [-0.05, 0) is 42.8 Å². The van der Waals surface area contributed by atoms with Crippen LogP contribution in [0.15, 0.2) is 69.7 Å². The molecule has 1 aromatic carbocycles. The average molecular weight is 426 g/mol. The summed E-state index contributed by atoms with van der Waals surface area (Å²) >= 11 is 7.29. The molecule has 146 valence electrons. The van der Waals surface area contributed by atoms with E-state index >= 15 is 0 Å². The molecule has 0 saturated carbocycles. The van der Waals surface area contributed by atoms with Crippen LogP contribution >= 0.6 is 22.9 Å². The van der Waals surface area contributed by atoms with Gasteiger partial charge in [-0.3, -0.25) is 14.3 Å². The fraction of sp³-hybridized carbons (Fsp3) is 0.143. The van der Waals surface area contributed by atoms with Gasteiger partial charge in [0.15, 0.2) is 4.80 Å². The van der Waals surface area contributed by atoms with Crippen molar-refractivity contribution >= 4 is 35.0 Å². The first-order valence-electron chi connectivity index (χ1n) is 8.77. The fourth-order valence-corrected chi connectivity index (χ4v) is 4.41. The highest BCUT2D eigenvalue weighted by atomic mass is 35.5. The maximum Gasteiger partial charge on any atom is 0.338 e. The SMILES string of the molecule is COC(=O)C1=C(C)N=c2s/c(=C\c3ccccn3)c(=O)n2C1c1ccc(Cl)cc1. The summed E-state index contributed by atoms with van der Waals surface area (Å²) in [6.45, 7) is 1.74. The summed E-state index contributed by atoms with van der Waals surface area (Å²) in [5.74, 6) is -0.523. The number of aromatic nitrogens is 2. The Labute approximate surface area is 175 Å². The van der Waals surface area contributed by atoms with Gasteiger partial charge in [-0.1, -0.05) is 41.1 Å². The van der Waals surface area contributed by atoms with Crippen LogP contribution in [0, 0.1) is 0 Å². The molecule has 29 heavy (non-hydrogen) atoms. The molecular weight excluding hydrogens is 410 g/mol. The van der Waals surface area contributed by atoms with Gasteiger partial charge in [0, 0.05) is 11.2 Å². The summed E-state index contributed by atoms with van der Waals surface area (Å²) in [6.07, 6.45) is 3.39. The smallest absolute Gasteiger partial charge is 0.338 e. The van der Waals surface area contributed by atoms with E-state index in [-0.39, 0.29) is 5.56 Å². The van der Waals surface area contributed by atoms with Gasteiger partial charge in [-0.15, -0.1) is 0 Å². The monoisotopic (exact) mass is 425 g/mol. The van der Waals surface area contributed by atoms with Crippen molar-refractivity contribution in [2.45, 2.75) is 13.0 Å². The minimum Gasteiger partial charge on any atom is -0.466 e. The Hall–Kier alpha value is -3.03. The highest BCUT2D eigenvalue weighted by Gasteiger charge is 2.32. The number of benzene rings is 1. The van der Waals surface area contributed by atoms with E-state index in [1.807, 2.05) is 18.2 Å². The number of esters is 1. The Morgan fingerprint density at radius 3 is 2.66 bits per heavy atom. The number of hydrogen-bond acceptors (Lipinski definition) is 6. The summed E-state index contributed by atoms with van der Waals surface area (Å²) in [5, 5.41) is 0.566. The minimum atomic E-state index is -0.651. The number of carbonyl (C=O) groups is 1. The molecule has 0 fully saturated rings. The van der Waals surface area contributed by atoms with Crippen molar-refractivity contribution in [2.75, 3.05) is 7.11 Å². The topological polar surface area (TPSA) is 73.6 Å². The van der Waals surface area contributed by atoms with Crippen LogP contribution in [0.1, 0.15) is 24.2 Å². The molecule has 6 nitrogen and oxygen atoms in total. The Morgan fingerprint density at radius 2 is 2.00 bits per heavy atom. The number of rotatable bonds is 3. The number of nitrogens with zero attached hydrogens (tertiary/aromatic N) is 3. The molecule has 0 aliphatic carbocycles. The lowest BCUT2D eigenvalue weighted by atomic mass is 9.96. The number of thiazole rings is 1. The van der Waals surface area contributed by atoms with Crippen LogP contribution in [-0.4, -0.2) is 22.6 Å². The average Bonchev–Trinajstić information content (AvgIpc) is 3.02. The molecule has 8 heteroatoms. The van der Waals surface area contributed by atoms with E-state index in [1.54, 1.807) is 43.5 Å². The van der Waals surface area contributed by atoms with Crippen LogP contribution in [0.25, 0.3) is 6.08 Å². The second-order valence-corrected chi connectivity index (χ2v) is 7.83. The Morgan fingerprint density at radius 1 is 1.24 bits per heavy atom. The zero-order valence-corrected chi connectivity index (χ0v) is 17.2. The third-order valence-electron chi connectivity index (χ3n) is 4.58. The van der Waals surface area contributed by atoms with Crippen molar-refractivity contribution in [3.63, 3.8) is 0 Å². The van der Waals surface area contributed by atoms with Gasteiger partial charge in [-0.25, -0.2) is 9.79 Å². The predicted molar refractivity (Wildman–Crippen MR) is 111 cm³/mol. The lowest BCUT2D eigenvalue weighted by Gasteiger charge is -2.24. The summed E-state index contributed by atoms with van der Waals surface area (Å²) in [4.78, 5) is 35.1. The molecule has 0 radical (unpaired) electrons. The molecule has 0 bridgehead atoms. The zero-order valence-electron chi connectivity index (χ0n) is 15.6. The lowest BCUT2D eigenvalue weighted by molar-refractivity contribution is -0.136. The molecule has 3 aromatic rings. The summed E-state index contributed by atoms with van der Waals surface area (Å²) in [5.41, 5.74) is 2.02. The van der Waals surface area contributed by atoms with Crippen molar-refractivity contribution < 1.29 is 9.53 Å². The number of ether oxygens (including phenoxy) is 1. The lowest BCUT2D eigenvalue weighted by Crippen LogP contribution is -2.39. The molecule has 0 spiro atoms. The minimum absolute atomic E-state index is 0.242. The van der Waals surface area contributed by atoms with Gasteiger partial charge < -0.3 is 4.74 Å². The molecule has 4 rings (SSSR count). The van der Waals surface area contributed by atoms with Crippen LogP contribution < -0.4 is 14.9 Å². The Kier molecular flexibility index (Phi) is 5.17. The molecular formula is C21H16ClN3O3S. The molecule has 3 heterocycles. The first-order valence-corrected chi connectivity index (χ1v) is 9.96. The van der Waals surface area contributed by atoms with E-state index in [9.17, 15) is 9.59 Å². The quantitative estimate of drug-likeness (QED) is 0.604. The first kappa shape index (κ1) is 19.3. The molecule has 0 saturated heterocycles. The highest BCUT2D eigenvalue weighted by molar-refractivity contribution is 7.07. The van der Waals surface area contributed by atoms with Crippen molar-refractivity contribution in [2.24, 2.45) is 4.99 Å². The van der Waals surface area contributed by atoms with Crippen molar-refractivity contribution in [3.05, 3.63) is 95.9 Å². The summed E-state index contributed by atoms with van der Waals surface area (Å²) in [7, 11) is 1.31. The number of fused-ring (bicyclic) bond motifs is 1. The number of carbonyl (C=O) groups excluding carboxylic acids is 1. The van der Waals surface area contributed by atoms with Gasteiger partial charge >= 0.3 is 5.97 Å². The van der Waals surface area contributed by atoms with Crippen LogP contribution in [0.4, 0.5) is 0 Å². The normalized spacial score (nSPS) is 16.4. The maximum absolute atomic E-state index is 13.3. The van der Waals surface area contributed by atoms with Crippen molar-refractivity contribution in [1.82, 2.24) is 9.55 Å². The third kappa shape index (κ3) is 3.54. The van der Waals surface area contributed by atoms with Gasteiger partial charge in [0.1, 0.15) is 0 Å². The third-order valence-corrected chi connectivity index (χ3v) is 5.81. The second kappa shape index (κ2) is 7.77. The van der Waals surface area contributed by atoms with E-state index in [2.05, 4.69) is 9.98 Å². The van der Waals surface area contributed by atoms with E-state index < -0.39 is 12.0 Å². The van der Waals surface area contributed by atoms with E-state index in [1.165, 1.54) is 23.0 Å². The Balaban J connectivity index is 1.99. The van der Waals surface area contributed by atoms with Crippen LogP contribution in [0.2, 0.25) is 5.02 Å². The highest BCUT2D eigenvalue weighted by Crippen LogP contribution is 2.31. The van der Waals surface area contributed by atoms with Crippen LogP contribution in [0.3, 0.4) is 0 Å². The van der Waals surface area contributed by atoms with Gasteiger partial charge in [0.2, 0.25) is 0 Å². The summed E-state index contributed by atoms with van der Waals surface area (Å²) in [6, 6.07) is 11.9. The largest absolute Gasteiger partial charge is 0.466 e. The predicted octanol–water partition coefficient (Wildman–Crippen LogP) is 2.46. The second-order valence-electron chi connectivity index (χ2n) is 6.38. The molecule has 1 unspecified atom stereocenters.